The van der Waals surface area contributed by atoms with Gasteiger partial charge in [-0.15, -0.1) is 0 Å². The molecule has 0 unspecified atom stereocenters. The molecular weight excluding hydrogens is 549 g/mol. The first kappa shape index (κ1) is 27.2. The molecular formula is C21H17F7N6O3S. The van der Waals surface area contributed by atoms with Crippen molar-refractivity contribution in [3.05, 3.63) is 64.9 Å². The molecule has 0 saturated heterocycles. The number of nitrogens with zero attached hydrogens (tertiary/aromatic N) is 5. The van der Waals surface area contributed by atoms with Crippen molar-refractivity contribution < 1.29 is 43.9 Å². The number of benzene rings is 1. The van der Waals surface area contributed by atoms with Crippen LogP contribution >= 0.6 is 0 Å². The van der Waals surface area contributed by atoms with Crippen molar-refractivity contribution in [2.45, 2.75) is 25.2 Å². The lowest BCUT2D eigenvalue weighted by molar-refractivity contribution is -0.141. The number of amides is 1. The quantitative estimate of drug-likeness (QED) is 0.476. The van der Waals surface area contributed by atoms with Crippen molar-refractivity contribution in [1.82, 2.24) is 19.0 Å². The molecule has 1 aliphatic rings. The number of carbonyl (C=O) groups excluding carboxylic acids is 1. The molecule has 0 spiro atoms. The molecule has 204 valence electrons. The summed E-state index contributed by atoms with van der Waals surface area (Å²) in [6.45, 7) is 0.209. The van der Waals surface area contributed by atoms with Gasteiger partial charge in [-0.05, 0) is 36.2 Å². The van der Waals surface area contributed by atoms with Crippen LogP contribution in [0.2, 0.25) is 0 Å². The first-order valence-electron chi connectivity index (χ1n) is 10.6. The third kappa shape index (κ3) is 5.09. The third-order valence-corrected chi connectivity index (χ3v) is 6.93. The van der Waals surface area contributed by atoms with Crippen LogP contribution < -0.4 is 10.3 Å². The molecule has 2 aromatic heterocycles. The fourth-order valence-electron chi connectivity index (χ4n) is 3.63. The van der Waals surface area contributed by atoms with Crippen molar-refractivity contribution in [1.29, 1.82) is 0 Å². The van der Waals surface area contributed by atoms with Crippen molar-refractivity contribution in [3.8, 4) is 0 Å². The van der Waals surface area contributed by atoms with Crippen molar-refractivity contribution >= 4 is 33.6 Å². The van der Waals surface area contributed by atoms with Crippen LogP contribution in [-0.2, 0) is 22.7 Å². The number of pyridine rings is 1. The summed E-state index contributed by atoms with van der Waals surface area (Å²) in [5.74, 6) is -2.02. The van der Waals surface area contributed by atoms with E-state index < -0.39 is 57.9 Å². The number of imidazole rings is 1. The first-order chi connectivity index (χ1) is 17.6. The number of carbonyl (C=O) groups is 1. The van der Waals surface area contributed by atoms with E-state index >= 15 is 0 Å². The van der Waals surface area contributed by atoms with E-state index in [9.17, 15) is 43.9 Å². The van der Waals surface area contributed by atoms with Crippen LogP contribution in [-0.4, -0.2) is 53.0 Å². The molecule has 17 heteroatoms. The number of halogens is 7. The van der Waals surface area contributed by atoms with Gasteiger partial charge in [0.25, 0.3) is 5.91 Å². The van der Waals surface area contributed by atoms with Gasteiger partial charge < -0.3 is 5.32 Å². The number of hydrazone groups is 1. The Labute approximate surface area is 210 Å². The van der Waals surface area contributed by atoms with Gasteiger partial charge in [0.05, 0.1) is 18.8 Å². The highest BCUT2D eigenvalue weighted by Gasteiger charge is 2.50. The molecule has 0 aliphatic carbocycles. The molecule has 3 aromatic rings. The second-order valence-electron chi connectivity index (χ2n) is 8.13. The summed E-state index contributed by atoms with van der Waals surface area (Å²) in [7, 11) is -5.64. The Morgan fingerprint density at radius 1 is 1.08 bits per heavy atom. The molecule has 0 atom stereocenters. The van der Waals surface area contributed by atoms with E-state index in [-0.39, 0.29) is 27.7 Å². The lowest BCUT2D eigenvalue weighted by Gasteiger charge is -2.29. The monoisotopic (exact) mass is 566 g/mol. The van der Waals surface area contributed by atoms with Gasteiger partial charge in [-0.1, -0.05) is 12.1 Å². The van der Waals surface area contributed by atoms with Crippen molar-refractivity contribution in [2.75, 3.05) is 18.1 Å². The number of sulfonamides is 1. The number of alkyl halides is 6. The van der Waals surface area contributed by atoms with Crippen LogP contribution in [0.15, 0.2) is 41.6 Å². The average Bonchev–Trinajstić information content (AvgIpc) is 3.21. The Balaban J connectivity index is 1.50. The SMILES string of the molecule is Cc1ccc2nc(C(F)(F)F)c(C(=O)NCc3ccc(N4CCN(S(=O)(=O)C(F)(F)F)C=N4)c(F)c3)n2c1. The maximum Gasteiger partial charge on any atom is 0.516 e. The topological polar surface area (TPSA) is 99.4 Å². The summed E-state index contributed by atoms with van der Waals surface area (Å²) in [5, 5.41) is 6.80. The standard InChI is InChI=1S/C21H17F7N6O3S/c1-12-2-5-16-31-18(20(23,24)25)17(33(16)10-12)19(35)29-9-13-3-4-15(14(22)8-13)34-7-6-32(11-30-34)38(36,37)21(26,27)28/h2-5,8,10-11H,6-7,9H2,1H3,(H,29,35). The van der Waals surface area contributed by atoms with Crippen LogP contribution in [0.5, 0.6) is 0 Å². The summed E-state index contributed by atoms with van der Waals surface area (Å²) in [6.07, 6.45) is -3.18. The number of hydrogen-bond acceptors (Lipinski definition) is 6. The summed E-state index contributed by atoms with van der Waals surface area (Å²) < 4.78 is 117. The molecule has 0 bridgehead atoms. The molecule has 0 radical (unpaired) electrons. The van der Waals surface area contributed by atoms with Gasteiger partial charge in [0, 0.05) is 12.7 Å². The number of aryl methyl sites for hydroxylation is 1. The van der Waals surface area contributed by atoms with E-state index in [4.69, 9.17) is 0 Å². The van der Waals surface area contributed by atoms with Gasteiger partial charge in [0.15, 0.2) is 5.69 Å². The van der Waals surface area contributed by atoms with Crippen molar-refractivity contribution in [3.63, 3.8) is 0 Å². The van der Waals surface area contributed by atoms with Crippen LogP contribution in [0.1, 0.15) is 27.3 Å². The zero-order chi connectivity index (χ0) is 28.0. The first-order valence-corrected chi connectivity index (χ1v) is 12.1. The van der Waals surface area contributed by atoms with E-state index in [2.05, 4.69) is 15.4 Å². The minimum atomic E-state index is -5.64. The van der Waals surface area contributed by atoms with Crippen LogP contribution in [0.3, 0.4) is 0 Å². The van der Waals surface area contributed by atoms with E-state index in [1.807, 2.05) is 0 Å². The van der Waals surface area contributed by atoms with E-state index in [0.29, 0.717) is 11.9 Å². The molecule has 1 N–H and O–H groups in total. The summed E-state index contributed by atoms with van der Waals surface area (Å²) >= 11 is 0. The fraction of sp³-hybridized carbons (Fsp3) is 0.286. The maximum absolute atomic E-state index is 14.7. The number of rotatable bonds is 5. The molecule has 1 aromatic carbocycles. The largest absolute Gasteiger partial charge is 0.516 e. The van der Waals surface area contributed by atoms with Gasteiger partial charge in [-0.3, -0.25) is 14.2 Å². The highest BCUT2D eigenvalue weighted by molar-refractivity contribution is 7.90. The highest BCUT2D eigenvalue weighted by Crippen LogP contribution is 2.32. The molecule has 1 aliphatic heterocycles. The third-order valence-electron chi connectivity index (χ3n) is 5.45. The maximum atomic E-state index is 14.7. The molecule has 9 nitrogen and oxygen atoms in total. The van der Waals surface area contributed by atoms with Gasteiger partial charge in [0.1, 0.15) is 23.5 Å². The van der Waals surface area contributed by atoms with Gasteiger partial charge in [-0.25, -0.2) is 13.7 Å². The lowest BCUT2D eigenvalue weighted by Crippen LogP contribution is -2.46. The second-order valence-corrected chi connectivity index (χ2v) is 10.0. The minimum absolute atomic E-state index is 0.0117. The highest BCUT2D eigenvalue weighted by atomic mass is 32.2. The predicted molar refractivity (Wildman–Crippen MR) is 120 cm³/mol. The molecule has 3 heterocycles. The Kier molecular flexibility index (Phi) is 6.75. The molecule has 0 fully saturated rings. The molecule has 4 rings (SSSR count). The second kappa shape index (κ2) is 9.45. The molecule has 0 saturated carbocycles. The summed E-state index contributed by atoms with van der Waals surface area (Å²) in [4.78, 5) is 16.2. The van der Waals surface area contributed by atoms with Gasteiger partial charge in [0.2, 0.25) is 0 Å². The zero-order valence-corrected chi connectivity index (χ0v) is 20.0. The summed E-state index contributed by atoms with van der Waals surface area (Å²) in [5.41, 5.74) is -7.21. The fourth-order valence-corrected chi connectivity index (χ4v) is 4.38. The van der Waals surface area contributed by atoms with E-state index in [0.717, 1.165) is 15.5 Å². The Bertz CT molecular complexity index is 1530. The lowest BCUT2D eigenvalue weighted by atomic mass is 10.2. The van der Waals surface area contributed by atoms with Crippen LogP contribution in [0, 0.1) is 12.7 Å². The summed E-state index contributed by atoms with van der Waals surface area (Å²) in [6, 6.07) is 6.31. The van der Waals surface area contributed by atoms with E-state index in [1.165, 1.54) is 30.5 Å². The van der Waals surface area contributed by atoms with Crippen LogP contribution in [0.25, 0.3) is 5.65 Å². The molecule has 1 amide bonds. The van der Waals surface area contributed by atoms with Gasteiger partial charge in [-0.2, -0.15) is 39.9 Å². The smallest absolute Gasteiger partial charge is 0.347 e. The Morgan fingerprint density at radius 2 is 1.79 bits per heavy atom. The number of anilines is 1. The number of nitrogens with one attached hydrogen (secondary N) is 1. The average molecular weight is 566 g/mol. The van der Waals surface area contributed by atoms with Gasteiger partial charge >= 0.3 is 21.7 Å². The predicted octanol–water partition coefficient (Wildman–Crippen LogP) is 3.65. The normalized spacial score (nSPS) is 14.8. The number of hydrogen-bond donors (Lipinski definition) is 1. The minimum Gasteiger partial charge on any atom is -0.347 e. The van der Waals surface area contributed by atoms with E-state index in [1.54, 1.807) is 6.92 Å². The van der Waals surface area contributed by atoms with Crippen molar-refractivity contribution in [2.24, 2.45) is 5.10 Å². The van der Waals surface area contributed by atoms with Crippen LogP contribution in [0.4, 0.5) is 36.4 Å². The zero-order valence-electron chi connectivity index (χ0n) is 19.2. The number of aromatic nitrogens is 2. The Hall–Kier alpha value is -3.89. The molecule has 38 heavy (non-hydrogen) atoms. The number of fused-ring (bicyclic) bond motifs is 1. The Morgan fingerprint density at radius 3 is 2.37 bits per heavy atom.